The zero-order valence-corrected chi connectivity index (χ0v) is 26.5. The largest absolute Gasteiger partial charge is 0.251 e. The van der Waals surface area contributed by atoms with E-state index in [9.17, 15) is 0 Å². The highest BCUT2D eigenvalue weighted by Crippen LogP contribution is 2.62. The minimum absolute atomic E-state index is 0.225. The minimum Gasteiger partial charge on any atom is -0.251 e. The molecule has 0 N–H and O–H groups in total. The summed E-state index contributed by atoms with van der Waals surface area (Å²) in [6, 6.07) is 12.9. The maximum atomic E-state index is 5.09. The highest BCUT2D eigenvalue weighted by atomic mass is 31.1. The standard InChI is InChI=1S/C28H46N2P2.C2H6/c1-25(2,3)31(26(4,5)6)19-21-15-13-17-23(29-21)24-18-14-16-22(30-24)20-32(27(7,8)9)28(10,11)12;1-2/h13-18H,19-20H2,1-12H3;1-2H3. The fraction of sp³-hybridized carbons (Fsp3) is 0.667. The van der Waals surface area contributed by atoms with Crippen molar-refractivity contribution < 1.29 is 0 Å². The molecule has 0 bridgehead atoms. The highest BCUT2D eigenvalue weighted by Gasteiger charge is 2.35. The maximum absolute atomic E-state index is 5.09. The summed E-state index contributed by atoms with van der Waals surface area (Å²) in [5, 5.41) is 1.17. The quantitative estimate of drug-likeness (QED) is 0.380. The predicted molar refractivity (Wildman–Crippen MR) is 159 cm³/mol. The van der Waals surface area contributed by atoms with Crippen LogP contribution in [0.3, 0.4) is 0 Å². The molecule has 0 aliphatic carbocycles. The third-order valence-electron chi connectivity index (χ3n) is 5.76. The fourth-order valence-electron chi connectivity index (χ4n) is 4.71. The molecule has 0 fully saturated rings. The van der Waals surface area contributed by atoms with Crippen LogP contribution in [0.15, 0.2) is 36.4 Å². The number of aromatic nitrogens is 2. The van der Waals surface area contributed by atoms with E-state index in [1.165, 1.54) is 11.4 Å². The molecule has 192 valence electrons. The molecule has 2 aromatic rings. The zero-order chi connectivity index (χ0) is 26.5. The van der Waals surface area contributed by atoms with Crippen molar-refractivity contribution in [1.29, 1.82) is 0 Å². The first kappa shape index (κ1) is 31.2. The van der Waals surface area contributed by atoms with Crippen molar-refractivity contribution in [3.8, 4) is 11.4 Å². The Labute approximate surface area is 214 Å². The first-order valence-corrected chi connectivity index (χ1v) is 15.9. The van der Waals surface area contributed by atoms with Gasteiger partial charge in [-0.05, 0) is 44.9 Å². The lowest BCUT2D eigenvalue weighted by Gasteiger charge is -2.41. The number of nitrogens with zero attached hydrogens (tertiary/aromatic N) is 2. The maximum Gasteiger partial charge on any atom is 0.0889 e. The van der Waals surface area contributed by atoms with Crippen LogP contribution in [0.2, 0.25) is 0 Å². The van der Waals surface area contributed by atoms with Gasteiger partial charge in [-0.1, -0.05) is 125 Å². The van der Waals surface area contributed by atoms with Gasteiger partial charge in [-0.25, -0.2) is 0 Å². The summed E-state index contributed by atoms with van der Waals surface area (Å²) in [5.74, 6) is 0. The lowest BCUT2D eigenvalue weighted by molar-refractivity contribution is 0.701. The molecule has 0 aliphatic heterocycles. The van der Waals surface area contributed by atoms with Crippen molar-refractivity contribution in [2.75, 3.05) is 0 Å². The van der Waals surface area contributed by atoms with Crippen LogP contribution in [0.25, 0.3) is 11.4 Å². The van der Waals surface area contributed by atoms with Gasteiger partial charge in [0.25, 0.3) is 0 Å². The Kier molecular flexibility index (Phi) is 10.9. The minimum atomic E-state index is -0.225. The van der Waals surface area contributed by atoms with Crippen LogP contribution >= 0.6 is 15.8 Å². The zero-order valence-electron chi connectivity index (χ0n) is 24.7. The van der Waals surface area contributed by atoms with Gasteiger partial charge in [-0.2, -0.15) is 0 Å². The van der Waals surface area contributed by atoms with Gasteiger partial charge in [0.1, 0.15) is 0 Å². The van der Waals surface area contributed by atoms with Gasteiger partial charge in [0.05, 0.1) is 11.4 Å². The molecule has 0 spiro atoms. The van der Waals surface area contributed by atoms with E-state index in [-0.39, 0.29) is 15.8 Å². The second kappa shape index (κ2) is 11.9. The lowest BCUT2D eigenvalue weighted by atomic mass is 10.2. The number of rotatable bonds is 5. The van der Waals surface area contributed by atoms with Crippen LogP contribution in [0.5, 0.6) is 0 Å². The molecule has 0 atom stereocenters. The van der Waals surface area contributed by atoms with Crippen molar-refractivity contribution in [3.63, 3.8) is 0 Å². The average Bonchev–Trinajstić information content (AvgIpc) is 2.69. The van der Waals surface area contributed by atoms with Crippen molar-refractivity contribution in [3.05, 3.63) is 47.8 Å². The van der Waals surface area contributed by atoms with E-state index in [0.717, 1.165) is 23.7 Å². The van der Waals surface area contributed by atoms with Gasteiger partial charge in [0.2, 0.25) is 0 Å². The molecule has 4 heteroatoms. The first-order valence-electron chi connectivity index (χ1n) is 12.9. The Bertz CT molecular complexity index is 790. The molecule has 0 saturated heterocycles. The summed E-state index contributed by atoms with van der Waals surface area (Å²) in [4.78, 5) is 10.2. The Morgan fingerprint density at radius 2 is 0.765 bits per heavy atom. The van der Waals surface area contributed by atoms with Crippen molar-refractivity contribution >= 4 is 15.8 Å². The molecule has 2 nitrogen and oxygen atoms in total. The summed E-state index contributed by atoms with van der Waals surface area (Å²) >= 11 is 0. The van der Waals surface area contributed by atoms with Gasteiger partial charge in [0.15, 0.2) is 0 Å². The van der Waals surface area contributed by atoms with Crippen LogP contribution in [0.1, 0.15) is 108 Å². The normalized spacial score (nSPS) is 13.2. The third-order valence-corrected chi connectivity index (χ3v) is 13.5. The SMILES string of the molecule is CC.CC(C)(C)P(Cc1cccc(-c2cccc(CP(C(C)(C)C)C(C)(C)C)n2)n1)C(C)(C)C. The molecule has 0 aliphatic rings. The number of pyridine rings is 2. The van der Waals surface area contributed by atoms with Crippen LogP contribution in [0.4, 0.5) is 0 Å². The predicted octanol–water partition coefficient (Wildman–Crippen LogP) is 10.3. The highest BCUT2D eigenvalue weighted by molar-refractivity contribution is 7.60. The van der Waals surface area contributed by atoms with Crippen LogP contribution < -0.4 is 0 Å². The average molecular weight is 503 g/mol. The van der Waals surface area contributed by atoms with E-state index in [0.29, 0.717) is 20.6 Å². The number of hydrogen-bond acceptors (Lipinski definition) is 2. The molecule has 0 aromatic carbocycles. The molecule has 0 amide bonds. The van der Waals surface area contributed by atoms with Crippen LogP contribution in [-0.4, -0.2) is 30.6 Å². The fourth-order valence-corrected chi connectivity index (χ4v) is 11.6. The van der Waals surface area contributed by atoms with E-state index in [2.05, 4.69) is 119 Å². The number of hydrogen-bond donors (Lipinski definition) is 0. The smallest absolute Gasteiger partial charge is 0.0889 e. The van der Waals surface area contributed by atoms with E-state index >= 15 is 0 Å². The van der Waals surface area contributed by atoms with E-state index < -0.39 is 0 Å². The molecule has 0 saturated carbocycles. The Hall–Kier alpha value is -0.840. The van der Waals surface area contributed by atoms with Gasteiger partial charge in [0, 0.05) is 23.7 Å². The van der Waals surface area contributed by atoms with Gasteiger partial charge < -0.3 is 0 Å². The molecular weight excluding hydrogens is 450 g/mol. The monoisotopic (exact) mass is 502 g/mol. The Balaban J connectivity index is 0.00000281. The summed E-state index contributed by atoms with van der Waals surface area (Å²) in [5.41, 5.74) is 4.38. The van der Waals surface area contributed by atoms with Gasteiger partial charge in [-0.15, -0.1) is 0 Å². The topological polar surface area (TPSA) is 25.8 Å². The molecular formula is C30H52N2P2. The second-order valence-corrected chi connectivity index (χ2v) is 20.6. The first-order chi connectivity index (χ1) is 15.4. The molecule has 2 aromatic heterocycles. The van der Waals surface area contributed by atoms with Crippen molar-refractivity contribution in [2.24, 2.45) is 0 Å². The Morgan fingerprint density at radius 1 is 0.500 bits per heavy atom. The lowest BCUT2D eigenvalue weighted by Crippen LogP contribution is -2.26. The van der Waals surface area contributed by atoms with E-state index in [1.807, 2.05) is 13.8 Å². The summed E-state index contributed by atoms with van der Waals surface area (Å²) < 4.78 is 0. The Morgan fingerprint density at radius 3 is 1.00 bits per heavy atom. The second-order valence-electron chi connectivity index (χ2n) is 12.9. The van der Waals surface area contributed by atoms with E-state index in [4.69, 9.17) is 9.97 Å². The molecule has 34 heavy (non-hydrogen) atoms. The molecule has 0 radical (unpaired) electrons. The van der Waals surface area contributed by atoms with Crippen LogP contribution in [0, 0.1) is 0 Å². The summed E-state index contributed by atoms with van der Waals surface area (Å²) in [7, 11) is -0.450. The van der Waals surface area contributed by atoms with Crippen molar-refractivity contribution in [1.82, 2.24) is 9.97 Å². The van der Waals surface area contributed by atoms with E-state index in [1.54, 1.807) is 0 Å². The molecule has 0 unspecified atom stereocenters. The van der Waals surface area contributed by atoms with Crippen molar-refractivity contribution in [2.45, 2.75) is 130 Å². The summed E-state index contributed by atoms with van der Waals surface area (Å²) in [6.45, 7) is 32.5. The molecule has 2 rings (SSSR count). The molecule has 2 heterocycles. The van der Waals surface area contributed by atoms with Crippen LogP contribution in [-0.2, 0) is 12.3 Å². The summed E-state index contributed by atoms with van der Waals surface area (Å²) in [6.07, 6.45) is 2.10. The van der Waals surface area contributed by atoms with Gasteiger partial charge >= 0.3 is 0 Å². The third kappa shape index (κ3) is 9.32. The van der Waals surface area contributed by atoms with Gasteiger partial charge in [-0.3, -0.25) is 9.97 Å².